The van der Waals surface area contributed by atoms with Crippen molar-refractivity contribution in [2.75, 3.05) is 5.73 Å². The second kappa shape index (κ2) is 3.12. The lowest BCUT2D eigenvalue weighted by Crippen LogP contribution is -2.49. The van der Waals surface area contributed by atoms with Gasteiger partial charge in [-0.25, -0.2) is 0 Å². The first-order chi connectivity index (χ1) is 6.97. The normalized spacial score (nSPS) is 19.7. The highest BCUT2D eigenvalue weighted by atomic mass is 19.4. The highest BCUT2D eigenvalue weighted by molar-refractivity contribution is 5.48. The van der Waals surface area contributed by atoms with Crippen molar-refractivity contribution in [3.8, 4) is 0 Å². The molecular weight excluding hydrogens is 205 g/mol. The van der Waals surface area contributed by atoms with Crippen LogP contribution in [0.3, 0.4) is 0 Å². The quantitative estimate of drug-likeness (QED) is 0.783. The Labute approximate surface area is 85.3 Å². The predicted molar refractivity (Wildman–Crippen MR) is 50.2 cm³/mol. The molecule has 5 heteroatoms. The smallest absolute Gasteiger partial charge is 0.397 e. The second-order valence-electron chi connectivity index (χ2n) is 3.87. The number of hydrogen-bond donors (Lipinski definition) is 1. The maximum atomic E-state index is 12.9. The van der Waals surface area contributed by atoms with Crippen molar-refractivity contribution in [1.29, 1.82) is 0 Å². The highest BCUT2D eigenvalue weighted by Gasteiger charge is 2.60. The van der Waals surface area contributed by atoms with Crippen LogP contribution in [0.4, 0.5) is 18.9 Å². The maximum Gasteiger partial charge on any atom is 0.400 e. The van der Waals surface area contributed by atoms with E-state index >= 15 is 0 Å². The van der Waals surface area contributed by atoms with Crippen molar-refractivity contribution < 1.29 is 13.2 Å². The van der Waals surface area contributed by atoms with Crippen LogP contribution in [0.5, 0.6) is 0 Å². The van der Waals surface area contributed by atoms with E-state index in [1.807, 2.05) is 0 Å². The predicted octanol–water partition coefficient (Wildman–Crippen LogP) is 2.65. The minimum atomic E-state index is -4.26. The molecule has 0 radical (unpaired) electrons. The zero-order valence-electron chi connectivity index (χ0n) is 8.01. The first kappa shape index (κ1) is 10.3. The van der Waals surface area contributed by atoms with Crippen molar-refractivity contribution in [2.24, 2.45) is 0 Å². The van der Waals surface area contributed by atoms with E-state index in [4.69, 9.17) is 5.73 Å². The van der Waals surface area contributed by atoms with Crippen LogP contribution in [0.15, 0.2) is 18.3 Å². The van der Waals surface area contributed by atoms with Gasteiger partial charge in [0.2, 0.25) is 0 Å². The van der Waals surface area contributed by atoms with Crippen molar-refractivity contribution in [1.82, 2.24) is 4.98 Å². The zero-order valence-corrected chi connectivity index (χ0v) is 8.01. The van der Waals surface area contributed by atoms with Gasteiger partial charge in [0, 0.05) is 6.20 Å². The van der Waals surface area contributed by atoms with E-state index in [1.54, 1.807) is 6.07 Å². The number of anilines is 1. The summed E-state index contributed by atoms with van der Waals surface area (Å²) in [5.74, 6) is 0. The van der Waals surface area contributed by atoms with E-state index in [-0.39, 0.29) is 24.2 Å². The number of nitrogens with zero attached hydrogens (tertiary/aromatic N) is 1. The van der Waals surface area contributed by atoms with Gasteiger partial charge in [-0.1, -0.05) is 6.42 Å². The van der Waals surface area contributed by atoms with Gasteiger partial charge >= 0.3 is 6.18 Å². The summed E-state index contributed by atoms with van der Waals surface area (Å²) in [4.78, 5) is 3.79. The fourth-order valence-electron chi connectivity index (χ4n) is 2.00. The number of halogens is 3. The molecule has 1 fully saturated rings. The first-order valence-electron chi connectivity index (χ1n) is 4.75. The molecule has 1 heterocycles. The van der Waals surface area contributed by atoms with Crippen molar-refractivity contribution in [2.45, 2.75) is 30.9 Å². The van der Waals surface area contributed by atoms with Gasteiger partial charge in [-0.2, -0.15) is 13.2 Å². The molecule has 2 N–H and O–H groups in total. The minimum Gasteiger partial charge on any atom is -0.397 e. The summed E-state index contributed by atoms with van der Waals surface area (Å²) in [5.41, 5.74) is 3.88. The van der Waals surface area contributed by atoms with Gasteiger partial charge in [0.15, 0.2) is 0 Å². The Morgan fingerprint density at radius 1 is 1.33 bits per heavy atom. The molecule has 0 atom stereocenters. The lowest BCUT2D eigenvalue weighted by atomic mass is 9.65. The Bertz CT molecular complexity index is 369. The number of pyridine rings is 1. The molecule has 2 nitrogen and oxygen atoms in total. The highest BCUT2D eigenvalue weighted by Crippen LogP contribution is 2.55. The fourth-order valence-corrected chi connectivity index (χ4v) is 2.00. The van der Waals surface area contributed by atoms with E-state index in [0.717, 1.165) is 0 Å². The molecule has 1 aliphatic carbocycles. The molecule has 82 valence electrons. The van der Waals surface area contributed by atoms with Crippen LogP contribution in [0.2, 0.25) is 0 Å². The van der Waals surface area contributed by atoms with E-state index in [0.29, 0.717) is 6.42 Å². The van der Waals surface area contributed by atoms with E-state index < -0.39 is 11.6 Å². The molecule has 0 aromatic carbocycles. The number of aromatic nitrogens is 1. The van der Waals surface area contributed by atoms with Gasteiger partial charge < -0.3 is 5.73 Å². The van der Waals surface area contributed by atoms with Gasteiger partial charge in [-0.3, -0.25) is 4.98 Å². The average Bonchev–Trinajstić information content (AvgIpc) is 2.03. The van der Waals surface area contributed by atoms with Crippen LogP contribution < -0.4 is 5.73 Å². The third-order valence-corrected chi connectivity index (χ3v) is 3.04. The largest absolute Gasteiger partial charge is 0.400 e. The monoisotopic (exact) mass is 216 g/mol. The van der Waals surface area contributed by atoms with Crippen LogP contribution in [0.25, 0.3) is 0 Å². The molecule has 0 aliphatic heterocycles. The Hall–Kier alpha value is -1.26. The molecule has 0 bridgehead atoms. The number of hydrogen-bond acceptors (Lipinski definition) is 2. The summed E-state index contributed by atoms with van der Waals surface area (Å²) in [6.45, 7) is 0. The maximum absolute atomic E-state index is 12.9. The molecule has 0 unspecified atom stereocenters. The van der Waals surface area contributed by atoms with E-state index in [2.05, 4.69) is 4.98 Å². The summed E-state index contributed by atoms with van der Waals surface area (Å²) in [6.07, 6.45) is -2.13. The molecule has 0 saturated heterocycles. The molecular formula is C10H11F3N2. The van der Waals surface area contributed by atoms with Crippen LogP contribution in [-0.2, 0) is 5.41 Å². The van der Waals surface area contributed by atoms with Gasteiger partial charge in [-0.05, 0) is 25.0 Å². The zero-order chi connectivity index (χ0) is 11.1. The molecule has 15 heavy (non-hydrogen) atoms. The Morgan fingerprint density at radius 3 is 2.40 bits per heavy atom. The lowest BCUT2D eigenvalue weighted by Gasteiger charge is -2.42. The summed E-state index contributed by atoms with van der Waals surface area (Å²) in [6, 6.07) is 3.01. The summed E-state index contributed by atoms with van der Waals surface area (Å²) in [5, 5.41) is 0. The minimum absolute atomic E-state index is 0.0104. The van der Waals surface area contributed by atoms with Crippen molar-refractivity contribution in [3.63, 3.8) is 0 Å². The number of rotatable bonds is 1. The molecule has 1 saturated carbocycles. The third-order valence-electron chi connectivity index (χ3n) is 3.04. The lowest BCUT2D eigenvalue weighted by molar-refractivity contribution is -0.213. The van der Waals surface area contributed by atoms with Gasteiger partial charge in [0.25, 0.3) is 0 Å². The molecule has 1 aliphatic rings. The van der Waals surface area contributed by atoms with Crippen molar-refractivity contribution in [3.05, 3.63) is 24.0 Å². The first-order valence-corrected chi connectivity index (χ1v) is 4.75. The molecule has 1 aromatic rings. The van der Waals surface area contributed by atoms with E-state index in [9.17, 15) is 13.2 Å². The average molecular weight is 216 g/mol. The second-order valence-corrected chi connectivity index (χ2v) is 3.87. The van der Waals surface area contributed by atoms with Crippen LogP contribution in [0, 0.1) is 0 Å². The summed E-state index contributed by atoms with van der Waals surface area (Å²) in [7, 11) is 0. The van der Waals surface area contributed by atoms with Crippen LogP contribution in [0.1, 0.15) is 25.0 Å². The SMILES string of the molecule is Nc1cccnc1C1(C(F)(F)F)CCC1. The summed E-state index contributed by atoms with van der Waals surface area (Å²) >= 11 is 0. The third kappa shape index (κ3) is 1.37. The molecule has 0 spiro atoms. The standard InChI is InChI=1S/C10H11F3N2/c11-10(12,13)9(4-2-5-9)8-7(14)3-1-6-15-8/h1,3,6H,2,4-5,14H2. The van der Waals surface area contributed by atoms with Gasteiger partial charge in [-0.15, -0.1) is 0 Å². The van der Waals surface area contributed by atoms with Crippen LogP contribution >= 0.6 is 0 Å². The number of nitrogens with two attached hydrogens (primary N) is 1. The Balaban J connectivity index is 2.48. The Kier molecular flexibility index (Phi) is 2.13. The van der Waals surface area contributed by atoms with Crippen LogP contribution in [-0.4, -0.2) is 11.2 Å². The Morgan fingerprint density at radius 2 is 2.00 bits per heavy atom. The fraction of sp³-hybridized carbons (Fsp3) is 0.500. The molecule has 1 aromatic heterocycles. The number of alkyl halides is 3. The van der Waals surface area contributed by atoms with Gasteiger partial charge in [0.1, 0.15) is 5.41 Å². The van der Waals surface area contributed by atoms with E-state index in [1.165, 1.54) is 12.3 Å². The summed E-state index contributed by atoms with van der Waals surface area (Å²) < 4.78 is 38.8. The topological polar surface area (TPSA) is 38.9 Å². The van der Waals surface area contributed by atoms with Gasteiger partial charge in [0.05, 0.1) is 11.4 Å². The molecule has 0 amide bonds. The van der Waals surface area contributed by atoms with Crippen molar-refractivity contribution >= 4 is 5.69 Å². The molecule has 2 rings (SSSR count). The number of nitrogen functional groups attached to an aromatic ring is 1.